The van der Waals surface area contributed by atoms with E-state index in [1.807, 2.05) is 0 Å². The number of rotatable bonds is 2. The summed E-state index contributed by atoms with van der Waals surface area (Å²) in [6, 6.07) is 5.38. The highest BCUT2D eigenvalue weighted by Crippen LogP contribution is 2.45. The standard InChI is InChI=1S/C12H11F3O2/c13-12(14,15)10-4-2-1-3-9(10)7-5-8(6-7)11(16)17/h1-4,7-8H,5-6H2,(H,16,17). The van der Waals surface area contributed by atoms with E-state index in [0.717, 1.165) is 6.07 Å². The van der Waals surface area contributed by atoms with Crippen LogP contribution in [0.1, 0.15) is 29.9 Å². The van der Waals surface area contributed by atoms with Crippen molar-refractivity contribution in [1.29, 1.82) is 0 Å². The third kappa shape index (κ3) is 2.28. The molecule has 0 amide bonds. The molecule has 1 fully saturated rings. The largest absolute Gasteiger partial charge is 0.481 e. The smallest absolute Gasteiger partial charge is 0.416 e. The van der Waals surface area contributed by atoms with Crippen molar-refractivity contribution < 1.29 is 23.1 Å². The Morgan fingerprint density at radius 1 is 1.24 bits per heavy atom. The molecule has 0 heterocycles. The van der Waals surface area contributed by atoms with Crippen LogP contribution in [0, 0.1) is 5.92 Å². The molecule has 1 aliphatic rings. The maximum atomic E-state index is 12.7. The van der Waals surface area contributed by atoms with Crippen molar-refractivity contribution in [1.82, 2.24) is 0 Å². The normalized spacial score (nSPS) is 24.2. The lowest BCUT2D eigenvalue weighted by Crippen LogP contribution is -2.30. The zero-order valence-electron chi connectivity index (χ0n) is 8.87. The molecule has 0 spiro atoms. The Morgan fingerprint density at radius 2 is 1.82 bits per heavy atom. The van der Waals surface area contributed by atoms with E-state index in [9.17, 15) is 18.0 Å². The maximum Gasteiger partial charge on any atom is 0.416 e. The lowest BCUT2D eigenvalue weighted by Gasteiger charge is -2.34. The second kappa shape index (κ2) is 4.05. The minimum absolute atomic E-state index is 0.220. The molecule has 0 radical (unpaired) electrons. The molecule has 2 nitrogen and oxygen atoms in total. The summed E-state index contributed by atoms with van der Waals surface area (Å²) in [6.45, 7) is 0. The van der Waals surface area contributed by atoms with Crippen LogP contribution in [0.2, 0.25) is 0 Å². The summed E-state index contributed by atoms with van der Waals surface area (Å²) in [5, 5.41) is 8.70. The van der Waals surface area contributed by atoms with Gasteiger partial charge < -0.3 is 5.11 Å². The van der Waals surface area contributed by atoms with Crippen LogP contribution in [0.15, 0.2) is 24.3 Å². The van der Waals surface area contributed by atoms with Crippen molar-refractivity contribution in [3.63, 3.8) is 0 Å². The molecule has 0 atom stereocenters. The number of carbonyl (C=O) groups is 1. The third-order valence-electron chi connectivity index (χ3n) is 3.19. The van der Waals surface area contributed by atoms with Gasteiger partial charge >= 0.3 is 12.1 Å². The zero-order chi connectivity index (χ0) is 12.6. The molecule has 0 unspecified atom stereocenters. The SMILES string of the molecule is O=C(O)C1CC(c2ccccc2C(F)(F)F)C1. The molecule has 0 bridgehead atoms. The fraction of sp³-hybridized carbons (Fsp3) is 0.417. The fourth-order valence-electron chi connectivity index (χ4n) is 2.18. The molecule has 5 heteroatoms. The van der Waals surface area contributed by atoms with Crippen LogP contribution >= 0.6 is 0 Å². The molecule has 17 heavy (non-hydrogen) atoms. The number of aliphatic carboxylic acids is 1. The van der Waals surface area contributed by atoms with Crippen molar-refractivity contribution in [2.75, 3.05) is 0 Å². The van der Waals surface area contributed by atoms with Crippen molar-refractivity contribution in [3.05, 3.63) is 35.4 Å². The first-order chi connectivity index (χ1) is 7.89. The molecule has 1 aromatic rings. The summed E-state index contributed by atoms with van der Waals surface area (Å²) in [5.41, 5.74) is -0.425. The molecule has 0 aliphatic heterocycles. The van der Waals surface area contributed by atoms with E-state index in [4.69, 9.17) is 5.11 Å². The summed E-state index contributed by atoms with van der Waals surface area (Å²) >= 11 is 0. The Balaban J connectivity index is 2.21. The average Bonchev–Trinajstić information content (AvgIpc) is 2.13. The first-order valence-corrected chi connectivity index (χ1v) is 5.28. The summed E-state index contributed by atoms with van der Waals surface area (Å²) in [6.07, 6.45) is -3.78. The van der Waals surface area contributed by atoms with Crippen LogP contribution < -0.4 is 0 Å². The van der Waals surface area contributed by atoms with Gasteiger partial charge in [0, 0.05) is 0 Å². The zero-order valence-corrected chi connectivity index (χ0v) is 8.87. The van der Waals surface area contributed by atoms with Gasteiger partial charge in [0.15, 0.2) is 0 Å². The van der Waals surface area contributed by atoms with Gasteiger partial charge in [0.25, 0.3) is 0 Å². The highest BCUT2D eigenvalue weighted by atomic mass is 19.4. The van der Waals surface area contributed by atoms with Gasteiger partial charge in [-0.2, -0.15) is 13.2 Å². The van der Waals surface area contributed by atoms with Crippen LogP contribution in [0.5, 0.6) is 0 Å². The number of hydrogen-bond donors (Lipinski definition) is 1. The lowest BCUT2D eigenvalue weighted by atomic mass is 9.70. The van der Waals surface area contributed by atoms with Gasteiger partial charge in [-0.15, -0.1) is 0 Å². The van der Waals surface area contributed by atoms with E-state index in [1.54, 1.807) is 6.07 Å². The van der Waals surface area contributed by atoms with E-state index < -0.39 is 23.6 Å². The number of alkyl halides is 3. The monoisotopic (exact) mass is 244 g/mol. The van der Waals surface area contributed by atoms with Gasteiger partial charge in [-0.3, -0.25) is 4.79 Å². The van der Waals surface area contributed by atoms with Crippen molar-refractivity contribution in [2.45, 2.75) is 24.9 Å². The Morgan fingerprint density at radius 3 is 2.35 bits per heavy atom. The molecule has 1 N–H and O–H groups in total. The highest BCUT2D eigenvalue weighted by Gasteiger charge is 2.41. The number of benzene rings is 1. The Bertz CT molecular complexity index is 434. The summed E-state index contributed by atoms with van der Waals surface area (Å²) in [5.74, 6) is -1.71. The first-order valence-electron chi connectivity index (χ1n) is 5.28. The van der Waals surface area contributed by atoms with Gasteiger partial charge in [0.1, 0.15) is 0 Å². The molecule has 1 aliphatic carbocycles. The maximum absolute atomic E-state index is 12.7. The van der Waals surface area contributed by atoms with Crippen LogP contribution in [0.25, 0.3) is 0 Å². The number of carboxylic acid groups (broad SMARTS) is 1. The number of hydrogen-bond acceptors (Lipinski definition) is 1. The number of carboxylic acids is 1. The minimum atomic E-state index is -4.37. The van der Waals surface area contributed by atoms with Gasteiger partial charge in [0.2, 0.25) is 0 Å². The summed E-state index contributed by atoms with van der Waals surface area (Å²) in [4.78, 5) is 10.6. The molecule has 1 aromatic carbocycles. The number of halogens is 3. The van der Waals surface area contributed by atoms with Crippen molar-refractivity contribution in [2.24, 2.45) is 5.92 Å². The van der Waals surface area contributed by atoms with Gasteiger partial charge in [-0.1, -0.05) is 18.2 Å². The quantitative estimate of drug-likeness (QED) is 0.866. The Labute approximate surface area is 96.1 Å². The van der Waals surface area contributed by atoms with E-state index in [1.165, 1.54) is 12.1 Å². The molecule has 0 aromatic heterocycles. The minimum Gasteiger partial charge on any atom is -0.481 e. The average molecular weight is 244 g/mol. The fourth-order valence-corrected chi connectivity index (χ4v) is 2.18. The van der Waals surface area contributed by atoms with Crippen molar-refractivity contribution in [3.8, 4) is 0 Å². The van der Waals surface area contributed by atoms with Crippen LogP contribution in [-0.4, -0.2) is 11.1 Å². The predicted octanol–water partition coefficient (Wildman–Crippen LogP) is 3.28. The molecule has 92 valence electrons. The highest BCUT2D eigenvalue weighted by molar-refractivity contribution is 5.71. The molecular formula is C12H11F3O2. The van der Waals surface area contributed by atoms with Gasteiger partial charge in [-0.05, 0) is 30.4 Å². The molecule has 1 saturated carbocycles. The van der Waals surface area contributed by atoms with E-state index in [-0.39, 0.29) is 11.5 Å². The molecular weight excluding hydrogens is 233 g/mol. The van der Waals surface area contributed by atoms with Gasteiger partial charge in [-0.25, -0.2) is 0 Å². The molecule has 0 saturated heterocycles. The van der Waals surface area contributed by atoms with Crippen molar-refractivity contribution >= 4 is 5.97 Å². The Hall–Kier alpha value is -1.52. The second-order valence-electron chi connectivity index (χ2n) is 4.29. The third-order valence-corrected chi connectivity index (χ3v) is 3.19. The lowest BCUT2D eigenvalue weighted by molar-refractivity contribution is -0.145. The van der Waals surface area contributed by atoms with E-state index in [2.05, 4.69) is 0 Å². The van der Waals surface area contributed by atoms with Crippen LogP contribution in [0.3, 0.4) is 0 Å². The Kier molecular flexibility index (Phi) is 2.85. The topological polar surface area (TPSA) is 37.3 Å². The second-order valence-corrected chi connectivity index (χ2v) is 4.29. The first kappa shape index (κ1) is 12.0. The van der Waals surface area contributed by atoms with Crippen LogP contribution in [0.4, 0.5) is 13.2 Å². The van der Waals surface area contributed by atoms with Crippen LogP contribution in [-0.2, 0) is 11.0 Å². The van der Waals surface area contributed by atoms with E-state index in [0.29, 0.717) is 12.8 Å². The predicted molar refractivity (Wildman–Crippen MR) is 54.5 cm³/mol. The summed E-state index contributed by atoms with van der Waals surface area (Å²) < 4.78 is 38.1. The molecule has 2 rings (SSSR count). The summed E-state index contributed by atoms with van der Waals surface area (Å²) in [7, 11) is 0. The van der Waals surface area contributed by atoms with Gasteiger partial charge in [0.05, 0.1) is 11.5 Å². The van der Waals surface area contributed by atoms with E-state index >= 15 is 0 Å².